The number of amides is 1. The van der Waals surface area contributed by atoms with Crippen molar-refractivity contribution in [2.24, 2.45) is 0 Å². The van der Waals surface area contributed by atoms with Crippen molar-refractivity contribution in [3.05, 3.63) is 323 Å². The van der Waals surface area contributed by atoms with Gasteiger partial charge in [-0.3, -0.25) is 4.79 Å². The summed E-state index contributed by atoms with van der Waals surface area (Å²) in [6.07, 6.45) is 20.3. The van der Waals surface area contributed by atoms with Gasteiger partial charge in [-0.25, -0.2) is 28.8 Å². The third-order valence-electron chi connectivity index (χ3n) is 23.1. The standard InChI is InChI=1S/C107H129NO16/c1-3-5-7-9-11-13-15-16-17-18-19-20-21-22-23-24-26-28-30-59-79-93(119-101(111)83-62-42-32-43-63-83)99(109)108-91(95(121-102(112)84-64-44-33-45-65-84)92(118-100(110)82-60-40-31-41-61-82)78-58-29-27-25-14-12-10-8-6-4-2)80-116-106-98(124-105(115)87-70-50-36-51-71-87)97(123-104(114)86-68-48-35-49-69-86)96(122-103(113)85-66-46-34-47-67-85)94(120-106)81-117-107(88-72-52-37-53-73-88,89-74-54-38-55-75-89)90-76-56-39-57-77-90/h31-57,60-77,91-98,106H,3-30,58-59,78-81H2,1-2H3,(H,108,109)/t91-,92+,93+,94+,95-,96+,97-,98+,106+/m0/s1. The van der Waals surface area contributed by atoms with E-state index in [-0.39, 0.29) is 46.2 Å². The van der Waals surface area contributed by atoms with Crippen LogP contribution in [0.1, 0.15) is 298 Å². The molecule has 124 heavy (non-hydrogen) atoms. The van der Waals surface area contributed by atoms with Crippen molar-refractivity contribution in [2.45, 2.75) is 280 Å². The smallest absolute Gasteiger partial charge is 0.338 e. The minimum atomic E-state index is -1.90. The Balaban J connectivity index is 1.05. The number of unbranched alkanes of at least 4 members (excludes halogenated alkanes) is 28. The molecule has 0 saturated carbocycles. The summed E-state index contributed by atoms with van der Waals surface area (Å²) in [6.45, 7) is 3.25. The molecule has 1 saturated heterocycles. The average Bonchev–Trinajstić information content (AvgIpc) is 0.743. The Hall–Kier alpha value is -10.9. The van der Waals surface area contributed by atoms with Gasteiger partial charge in [-0.05, 0) is 115 Å². The van der Waals surface area contributed by atoms with Gasteiger partial charge < -0.3 is 47.9 Å². The normalized spacial score (nSPS) is 16.0. The van der Waals surface area contributed by atoms with Gasteiger partial charge in [0.05, 0.1) is 52.6 Å². The van der Waals surface area contributed by atoms with Crippen molar-refractivity contribution < 1.29 is 76.2 Å². The van der Waals surface area contributed by atoms with Gasteiger partial charge in [-0.15, -0.1) is 0 Å². The largest absolute Gasteiger partial charge is 0.455 e. The molecule has 1 heterocycles. The van der Waals surface area contributed by atoms with E-state index in [1.165, 1.54) is 103 Å². The van der Waals surface area contributed by atoms with E-state index < -0.39 is 116 Å². The fourth-order valence-electron chi connectivity index (χ4n) is 16.2. The van der Waals surface area contributed by atoms with Crippen LogP contribution in [0.5, 0.6) is 0 Å². The van der Waals surface area contributed by atoms with Crippen LogP contribution in [0.4, 0.5) is 0 Å². The number of hydrogen-bond donors (Lipinski definition) is 1. The fourth-order valence-corrected chi connectivity index (χ4v) is 16.2. The second-order valence-electron chi connectivity index (χ2n) is 32.6. The summed E-state index contributed by atoms with van der Waals surface area (Å²) < 4.78 is 62.2. The Bertz CT molecular complexity index is 4390. The van der Waals surface area contributed by atoms with E-state index in [4.69, 9.17) is 42.6 Å². The van der Waals surface area contributed by atoms with Gasteiger partial charge in [0.1, 0.15) is 17.8 Å². The van der Waals surface area contributed by atoms with Crippen molar-refractivity contribution in [1.29, 1.82) is 0 Å². The Kier molecular flexibility index (Phi) is 42.1. The molecule has 0 aromatic heterocycles. The molecule has 1 amide bonds. The van der Waals surface area contributed by atoms with Crippen molar-refractivity contribution >= 4 is 41.7 Å². The molecule has 1 N–H and O–H groups in total. The highest BCUT2D eigenvalue weighted by Crippen LogP contribution is 2.43. The summed E-state index contributed by atoms with van der Waals surface area (Å²) in [7, 11) is 0. The molecule has 0 aliphatic carbocycles. The van der Waals surface area contributed by atoms with Gasteiger partial charge in [0.15, 0.2) is 36.8 Å². The Morgan fingerprint density at radius 1 is 0.315 bits per heavy atom. The molecule has 17 heteroatoms. The summed E-state index contributed by atoms with van der Waals surface area (Å²) >= 11 is 0. The molecular weight excluding hydrogens is 1560 g/mol. The predicted molar refractivity (Wildman–Crippen MR) is 485 cm³/mol. The number of benzene rings is 9. The third kappa shape index (κ3) is 31.1. The predicted octanol–water partition coefficient (Wildman–Crippen LogP) is 24.1. The molecule has 1 aliphatic heterocycles. The van der Waals surface area contributed by atoms with Crippen molar-refractivity contribution in [2.75, 3.05) is 13.2 Å². The van der Waals surface area contributed by atoms with Gasteiger partial charge in [-0.2, -0.15) is 0 Å². The van der Waals surface area contributed by atoms with Crippen LogP contribution in [0, 0.1) is 0 Å². The van der Waals surface area contributed by atoms with Gasteiger partial charge in [-0.1, -0.05) is 394 Å². The minimum absolute atomic E-state index is 0.0698. The van der Waals surface area contributed by atoms with Crippen molar-refractivity contribution in [1.82, 2.24) is 5.32 Å². The topological polar surface area (TPSA) is 215 Å². The van der Waals surface area contributed by atoms with Crippen LogP contribution >= 0.6 is 0 Å². The van der Waals surface area contributed by atoms with Crippen molar-refractivity contribution in [3.8, 4) is 0 Å². The lowest BCUT2D eigenvalue weighted by molar-refractivity contribution is -0.305. The highest BCUT2D eigenvalue weighted by molar-refractivity contribution is 5.94. The van der Waals surface area contributed by atoms with Gasteiger partial charge in [0, 0.05) is 0 Å². The first-order chi connectivity index (χ1) is 60.9. The maximum Gasteiger partial charge on any atom is 0.338 e. The van der Waals surface area contributed by atoms with Crippen LogP contribution in [-0.2, 0) is 53.0 Å². The number of ether oxygens (including phenoxy) is 9. The van der Waals surface area contributed by atoms with E-state index in [0.717, 1.165) is 70.6 Å². The molecule has 1 fully saturated rings. The number of carbonyl (C=O) groups is 7. The zero-order valence-electron chi connectivity index (χ0n) is 72.8. The summed E-state index contributed by atoms with van der Waals surface area (Å²) in [6, 6.07) is 76.8. The molecule has 0 radical (unpaired) electrons. The van der Waals surface area contributed by atoms with E-state index >= 15 is 24.0 Å². The lowest BCUT2D eigenvalue weighted by Crippen LogP contribution is -2.64. The van der Waals surface area contributed by atoms with Crippen LogP contribution in [0.15, 0.2) is 273 Å². The van der Waals surface area contributed by atoms with E-state index in [9.17, 15) is 9.59 Å². The molecule has 0 unspecified atom stereocenters. The molecule has 658 valence electrons. The van der Waals surface area contributed by atoms with Crippen LogP contribution in [0.3, 0.4) is 0 Å². The lowest BCUT2D eigenvalue weighted by atomic mass is 9.80. The van der Waals surface area contributed by atoms with Crippen molar-refractivity contribution in [3.63, 3.8) is 0 Å². The summed E-state index contributed by atoms with van der Waals surface area (Å²) in [4.78, 5) is 107. The van der Waals surface area contributed by atoms with E-state index in [2.05, 4.69) is 19.2 Å². The number of carbonyl (C=O) groups excluding carboxylic acids is 7. The fraction of sp³-hybridized carbons (Fsp3) is 0.430. The number of nitrogens with one attached hydrogen (secondary N) is 1. The lowest BCUT2D eigenvalue weighted by Gasteiger charge is -2.46. The summed E-state index contributed by atoms with van der Waals surface area (Å²) in [5, 5.41) is 3.17. The zero-order chi connectivity index (χ0) is 86.9. The van der Waals surface area contributed by atoms with E-state index in [1.54, 1.807) is 182 Å². The van der Waals surface area contributed by atoms with E-state index in [0.29, 0.717) is 36.0 Å². The van der Waals surface area contributed by atoms with E-state index in [1.807, 2.05) is 91.0 Å². The second-order valence-corrected chi connectivity index (χ2v) is 32.6. The molecule has 1 aliphatic rings. The Morgan fingerprint density at radius 2 is 0.597 bits per heavy atom. The monoisotopic (exact) mass is 1680 g/mol. The average molecular weight is 1690 g/mol. The first-order valence-electron chi connectivity index (χ1n) is 45.9. The molecule has 9 aromatic rings. The SMILES string of the molecule is CCCCCCCCCCCCCCCCCCCCCC[C@@H](OC(=O)c1ccccc1)C(=O)N[C@@H](CO[C@@H]1O[C@H](COC(c2ccccc2)(c2ccccc2)c2ccccc2)[C@@H](OC(=O)c2ccccc2)[C@H](OC(=O)c2ccccc2)[C@H]1OC(=O)c1ccccc1)[C@H](OC(=O)c1ccccc1)[C@@H](CCCCCCCCCCCC)OC(=O)c1ccccc1. The molecule has 10 rings (SSSR count). The van der Waals surface area contributed by atoms with Crippen LogP contribution in [0.2, 0.25) is 0 Å². The molecule has 0 bridgehead atoms. The number of rotatable bonds is 57. The Morgan fingerprint density at radius 3 is 0.944 bits per heavy atom. The molecule has 9 atom stereocenters. The molecule has 17 nitrogen and oxygen atoms in total. The minimum Gasteiger partial charge on any atom is -0.455 e. The third-order valence-corrected chi connectivity index (χ3v) is 23.1. The highest BCUT2D eigenvalue weighted by atomic mass is 16.7. The maximum absolute atomic E-state index is 16.2. The maximum atomic E-state index is 16.2. The summed E-state index contributed by atoms with van der Waals surface area (Å²) in [5.41, 5.74) is 1.44. The molecular formula is C107H129NO16. The first kappa shape index (κ1) is 95.4. The Labute approximate surface area is 735 Å². The number of hydrogen-bond acceptors (Lipinski definition) is 16. The van der Waals surface area contributed by atoms with Crippen LogP contribution in [-0.4, -0.2) is 110 Å². The van der Waals surface area contributed by atoms with Crippen LogP contribution in [0.25, 0.3) is 0 Å². The first-order valence-corrected chi connectivity index (χ1v) is 45.9. The van der Waals surface area contributed by atoms with Gasteiger partial charge >= 0.3 is 35.8 Å². The second kappa shape index (κ2) is 54.7. The van der Waals surface area contributed by atoms with Crippen LogP contribution < -0.4 is 5.32 Å². The highest BCUT2D eigenvalue weighted by Gasteiger charge is 2.55. The molecule has 0 spiro atoms. The summed E-state index contributed by atoms with van der Waals surface area (Å²) in [5.74, 6) is -5.86. The zero-order valence-corrected chi connectivity index (χ0v) is 72.8. The molecule has 9 aromatic carbocycles. The quantitative estimate of drug-likeness (QED) is 0.0162. The van der Waals surface area contributed by atoms with Gasteiger partial charge in [0.2, 0.25) is 0 Å². The van der Waals surface area contributed by atoms with Gasteiger partial charge in [0.25, 0.3) is 5.91 Å². The number of esters is 6.